The third kappa shape index (κ3) is 6.06. The van der Waals surface area contributed by atoms with Gasteiger partial charge in [-0.2, -0.15) is 0 Å². The van der Waals surface area contributed by atoms with Crippen LogP contribution in [0.3, 0.4) is 0 Å². The molecule has 2 heterocycles. The van der Waals surface area contributed by atoms with Gasteiger partial charge in [-0.25, -0.2) is 29.9 Å². The molecule has 0 radical (unpaired) electrons. The first kappa shape index (κ1) is 30.5. The Morgan fingerprint density at radius 1 is 0.435 bits per heavy atom. The highest BCUT2D eigenvalue weighted by atomic mass is 16.3. The summed E-state index contributed by atoms with van der Waals surface area (Å²) in [6.07, 6.45) is 1.74. The number of nitrogens with zero attached hydrogens (tertiary/aromatic N) is 6. The van der Waals surface area contributed by atoms with Gasteiger partial charge in [0, 0.05) is 11.1 Å². The summed E-state index contributed by atoms with van der Waals surface area (Å²) in [5.41, 5.74) is 4.54. The molecule has 6 rings (SSSR count). The van der Waals surface area contributed by atoms with Crippen molar-refractivity contribution in [3.8, 4) is 68.7 Å². The van der Waals surface area contributed by atoms with Gasteiger partial charge in [-0.1, -0.05) is 113 Å². The van der Waals surface area contributed by atoms with Crippen molar-refractivity contribution >= 4 is 0 Å². The zero-order chi connectivity index (χ0) is 32.2. The van der Waals surface area contributed by atoms with Crippen LogP contribution in [-0.2, 0) is 0 Å². The maximum Gasteiger partial charge on any atom is 0.202 e. The van der Waals surface area contributed by atoms with E-state index in [2.05, 4.69) is 27.7 Å². The lowest BCUT2D eigenvalue weighted by molar-refractivity contribution is 0.475. The standard InChI is InChI=1S/C38H36N6O2/c1-5-23(3)27-19-13-21-29(45)31(27)35-39-33(25-15-9-7-10-16-25)41-37(43-35)38-42-34(26-17-11-8-12-18-26)40-36(44-38)32-28(24(4)6-2)20-14-22-30(32)46/h7-24,45-46H,5-6H2,1-4H3. The fourth-order valence-electron chi connectivity index (χ4n) is 5.47. The predicted molar refractivity (Wildman–Crippen MR) is 181 cm³/mol. The smallest absolute Gasteiger partial charge is 0.202 e. The van der Waals surface area contributed by atoms with E-state index in [1.165, 1.54) is 0 Å². The quantitative estimate of drug-likeness (QED) is 0.167. The number of aromatic nitrogens is 6. The second-order valence-corrected chi connectivity index (χ2v) is 11.4. The average molecular weight is 609 g/mol. The summed E-state index contributed by atoms with van der Waals surface area (Å²) >= 11 is 0. The van der Waals surface area contributed by atoms with E-state index in [4.69, 9.17) is 29.9 Å². The monoisotopic (exact) mass is 608 g/mol. The van der Waals surface area contributed by atoms with Crippen molar-refractivity contribution in [3.05, 3.63) is 108 Å². The molecule has 2 unspecified atom stereocenters. The lowest BCUT2D eigenvalue weighted by atomic mass is 9.92. The van der Waals surface area contributed by atoms with Crippen molar-refractivity contribution in [2.24, 2.45) is 0 Å². The van der Waals surface area contributed by atoms with Crippen molar-refractivity contribution in [2.75, 3.05) is 0 Å². The van der Waals surface area contributed by atoms with Gasteiger partial charge in [0.2, 0.25) is 11.6 Å². The first-order valence-corrected chi connectivity index (χ1v) is 15.7. The molecule has 0 spiro atoms. The summed E-state index contributed by atoms with van der Waals surface area (Å²) in [4.78, 5) is 29.3. The molecular formula is C38H36N6O2. The summed E-state index contributed by atoms with van der Waals surface area (Å²) in [6, 6.07) is 30.2. The summed E-state index contributed by atoms with van der Waals surface area (Å²) < 4.78 is 0. The maximum absolute atomic E-state index is 11.2. The Morgan fingerprint density at radius 3 is 1.15 bits per heavy atom. The van der Waals surface area contributed by atoms with E-state index in [0.29, 0.717) is 34.4 Å². The number of rotatable bonds is 9. The Bertz CT molecular complexity index is 1840. The molecule has 0 aliphatic heterocycles. The number of aromatic hydroxyl groups is 2. The molecule has 2 atom stereocenters. The Morgan fingerprint density at radius 2 is 0.783 bits per heavy atom. The van der Waals surface area contributed by atoms with E-state index in [0.717, 1.165) is 35.1 Å². The minimum atomic E-state index is 0.0858. The van der Waals surface area contributed by atoms with Gasteiger partial charge in [-0.15, -0.1) is 0 Å². The molecule has 0 saturated carbocycles. The van der Waals surface area contributed by atoms with Gasteiger partial charge >= 0.3 is 0 Å². The van der Waals surface area contributed by atoms with Crippen LogP contribution >= 0.6 is 0 Å². The molecule has 46 heavy (non-hydrogen) atoms. The molecule has 0 amide bonds. The van der Waals surface area contributed by atoms with Gasteiger partial charge in [0.15, 0.2) is 23.3 Å². The van der Waals surface area contributed by atoms with Crippen LogP contribution in [0.15, 0.2) is 97.1 Å². The first-order valence-electron chi connectivity index (χ1n) is 15.7. The van der Waals surface area contributed by atoms with E-state index < -0.39 is 0 Å². The molecule has 6 aromatic rings. The third-order valence-corrected chi connectivity index (χ3v) is 8.42. The molecule has 2 N–H and O–H groups in total. The Labute approximate surface area is 269 Å². The summed E-state index contributed by atoms with van der Waals surface area (Å²) in [5.74, 6) is 2.41. The molecule has 0 aliphatic rings. The molecule has 0 fully saturated rings. The van der Waals surface area contributed by atoms with E-state index in [-0.39, 0.29) is 35.0 Å². The van der Waals surface area contributed by atoms with Crippen LogP contribution in [0.1, 0.15) is 63.5 Å². The van der Waals surface area contributed by atoms with E-state index in [1.807, 2.05) is 84.9 Å². The first-order chi connectivity index (χ1) is 22.4. The molecule has 0 saturated heterocycles. The fraction of sp³-hybridized carbons (Fsp3) is 0.211. The van der Waals surface area contributed by atoms with Crippen LogP contribution in [0.25, 0.3) is 57.2 Å². The molecule has 0 bridgehead atoms. The largest absolute Gasteiger partial charge is 0.507 e. The SMILES string of the molecule is CCC(C)c1cccc(O)c1-c1nc(-c2ccccc2)nc(-c2nc(-c3ccccc3)nc(-c3c(O)cccc3C(C)CC)n2)n1. The van der Waals surface area contributed by atoms with E-state index in [9.17, 15) is 10.2 Å². The van der Waals surface area contributed by atoms with Crippen LogP contribution in [-0.4, -0.2) is 40.1 Å². The van der Waals surface area contributed by atoms with Crippen LogP contribution in [0.4, 0.5) is 0 Å². The third-order valence-electron chi connectivity index (χ3n) is 8.42. The number of phenolic OH excluding ortho intramolecular Hbond substituents is 2. The number of hydrogen-bond acceptors (Lipinski definition) is 8. The van der Waals surface area contributed by atoms with Gasteiger partial charge in [-0.3, -0.25) is 0 Å². The molecular weight excluding hydrogens is 572 g/mol. The van der Waals surface area contributed by atoms with Gasteiger partial charge in [0.05, 0.1) is 11.1 Å². The average Bonchev–Trinajstić information content (AvgIpc) is 3.11. The maximum atomic E-state index is 11.2. The molecule has 0 aliphatic carbocycles. The molecule has 4 aromatic carbocycles. The minimum absolute atomic E-state index is 0.0858. The van der Waals surface area contributed by atoms with Crippen LogP contribution < -0.4 is 0 Å². The highest BCUT2D eigenvalue weighted by Crippen LogP contribution is 2.39. The highest BCUT2D eigenvalue weighted by Gasteiger charge is 2.24. The summed E-state index contributed by atoms with van der Waals surface area (Å²) in [6.45, 7) is 8.45. The molecule has 8 nitrogen and oxygen atoms in total. The van der Waals surface area contributed by atoms with Crippen molar-refractivity contribution < 1.29 is 10.2 Å². The predicted octanol–water partition coefficient (Wildman–Crippen LogP) is 8.83. The number of benzene rings is 4. The Balaban J connectivity index is 1.65. The van der Waals surface area contributed by atoms with E-state index in [1.54, 1.807) is 12.1 Å². The molecule has 230 valence electrons. The lowest BCUT2D eigenvalue weighted by Crippen LogP contribution is -2.08. The second kappa shape index (κ2) is 13.2. The zero-order valence-electron chi connectivity index (χ0n) is 26.4. The highest BCUT2D eigenvalue weighted by molar-refractivity contribution is 5.74. The van der Waals surface area contributed by atoms with Crippen LogP contribution in [0.5, 0.6) is 11.5 Å². The minimum Gasteiger partial charge on any atom is -0.507 e. The Kier molecular flexibility index (Phi) is 8.79. The Hall–Kier alpha value is -5.50. The van der Waals surface area contributed by atoms with Crippen molar-refractivity contribution in [1.29, 1.82) is 0 Å². The summed E-state index contributed by atoms with van der Waals surface area (Å²) in [7, 11) is 0. The van der Waals surface area contributed by atoms with Crippen LogP contribution in [0, 0.1) is 0 Å². The normalized spacial score (nSPS) is 12.5. The fourth-order valence-corrected chi connectivity index (χ4v) is 5.47. The van der Waals surface area contributed by atoms with E-state index >= 15 is 0 Å². The number of phenols is 2. The summed E-state index contributed by atoms with van der Waals surface area (Å²) in [5, 5.41) is 22.3. The van der Waals surface area contributed by atoms with Gasteiger partial charge in [0.25, 0.3) is 0 Å². The lowest BCUT2D eigenvalue weighted by Gasteiger charge is -2.17. The van der Waals surface area contributed by atoms with Crippen molar-refractivity contribution in [2.45, 2.75) is 52.4 Å². The van der Waals surface area contributed by atoms with Crippen molar-refractivity contribution in [1.82, 2.24) is 29.9 Å². The van der Waals surface area contributed by atoms with Crippen LogP contribution in [0.2, 0.25) is 0 Å². The second-order valence-electron chi connectivity index (χ2n) is 11.4. The van der Waals surface area contributed by atoms with Gasteiger partial charge < -0.3 is 10.2 Å². The zero-order valence-corrected chi connectivity index (χ0v) is 26.4. The molecule has 8 heteroatoms. The van der Waals surface area contributed by atoms with Crippen molar-refractivity contribution in [3.63, 3.8) is 0 Å². The molecule has 2 aromatic heterocycles. The van der Waals surface area contributed by atoms with Gasteiger partial charge in [-0.05, 0) is 47.9 Å². The number of hydrogen-bond donors (Lipinski definition) is 2. The topological polar surface area (TPSA) is 118 Å². The van der Waals surface area contributed by atoms with Gasteiger partial charge in [0.1, 0.15) is 11.5 Å².